The van der Waals surface area contributed by atoms with Crippen molar-refractivity contribution in [3.63, 3.8) is 0 Å². The van der Waals surface area contributed by atoms with Crippen LogP contribution in [0.1, 0.15) is 15.2 Å². The molecule has 0 bridgehead atoms. The SMILES string of the molecule is Nc1c(C(=O)c2ccc(-c3ccccc3)cc2)sc2ccccc12. The van der Waals surface area contributed by atoms with Gasteiger partial charge in [0.05, 0.1) is 10.6 Å². The van der Waals surface area contributed by atoms with Crippen LogP contribution in [0.15, 0.2) is 78.9 Å². The fraction of sp³-hybridized carbons (Fsp3) is 0. The highest BCUT2D eigenvalue weighted by atomic mass is 32.1. The summed E-state index contributed by atoms with van der Waals surface area (Å²) < 4.78 is 1.04. The van der Waals surface area contributed by atoms with Crippen molar-refractivity contribution < 1.29 is 4.79 Å². The van der Waals surface area contributed by atoms with E-state index in [0.29, 0.717) is 16.1 Å². The predicted molar refractivity (Wildman–Crippen MR) is 102 cm³/mol. The molecule has 1 aromatic heterocycles. The number of hydrogen-bond donors (Lipinski definition) is 1. The lowest BCUT2D eigenvalue weighted by Gasteiger charge is -2.04. The Hall–Kier alpha value is -2.91. The lowest BCUT2D eigenvalue weighted by molar-refractivity contribution is 0.104. The highest BCUT2D eigenvalue weighted by Crippen LogP contribution is 2.35. The van der Waals surface area contributed by atoms with E-state index in [0.717, 1.165) is 21.2 Å². The molecule has 2 N–H and O–H groups in total. The van der Waals surface area contributed by atoms with Crippen molar-refractivity contribution in [3.05, 3.63) is 89.3 Å². The second-order valence-electron chi connectivity index (χ2n) is 5.61. The first kappa shape index (κ1) is 14.7. The van der Waals surface area contributed by atoms with Gasteiger partial charge in [0.15, 0.2) is 0 Å². The summed E-state index contributed by atoms with van der Waals surface area (Å²) >= 11 is 1.45. The smallest absolute Gasteiger partial charge is 0.205 e. The molecule has 0 atom stereocenters. The molecule has 0 aliphatic rings. The Balaban J connectivity index is 1.70. The number of rotatable bonds is 3. The summed E-state index contributed by atoms with van der Waals surface area (Å²) in [5.74, 6) is -0.0201. The molecular weight excluding hydrogens is 314 g/mol. The maximum atomic E-state index is 12.8. The van der Waals surface area contributed by atoms with Gasteiger partial charge in [-0.05, 0) is 17.2 Å². The third-order valence-corrected chi connectivity index (χ3v) is 5.28. The number of thiophene rings is 1. The van der Waals surface area contributed by atoms with Crippen LogP contribution in [-0.4, -0.2) is 5.78 Å². The number of ketones is 1. The van der Waals surface area contributed by atoms with Gasteiger partial charge in [0.2, 0.25) is 5.78 Å². The zero-order chi connectivity index (χ0) is 16.5. The van der Waals surface area contributed by atoms with Gasteiger partial charge >= 0.3 is 0 Å². The van der Waals surface area contributed by atoms with Gasteiger partial charge in [0.25, 0.3) is 0 Å². The van der Waals surface area contributed by atoms with Crippen LogP contribution in [0.5, 0.6) is 0 Å². The quantitative estimate of drug-likeness (QED) is 0.513. The summed E-state index contributed by atoms with van der Waals surface area (Å²) in [5, 5.41) is 0.951. The molecule has 0 amide bonds. The molecule has 0 unspecified atom stereocenters. The molecule has 0 radical (unpaired) electrons. The largest absolute Gasteiger partial charge is 0.397 e. The molecule has 0 saturated carbocycles. The molecule has 3 aromatic carbocycles. The predicted octanol–water partition coefficient (Wildman–Crippen LogP) is 5.38. The molecule has 3 heteroatoms. The van der Waals surface area contributed by atoms with Crippen LogP contribution in [0.3, 0.4) is 0 Å². The molecule has 24 heavy (non-hydrogen) atoms. The van der Waals surface area contributed by atoms with E-state index < -0.39 is 0 Å². The fourth-order valence-corrected chi connectivity index (χ4v) is 3.89. The zero-order valence-electron chi connectivity index (χ0n) is 12.9. The second-order valence-corrected chi connectivity index (χ2v) is 6.67. The van der Waals surface area contributed by atoms with E-state index in [4.69, 9.17) is 5.73 Å². The number of nitrogens with two attached hydrogens (primary N) is 1. The molecule has 116 valence electrons. The Morgan fingerprint density at radius 1 is 0.750 bits per heavy atom. The van der Waals surface area contributed by atoms with Gasteiger partial charge in [-0.15, -0.1) is 11.3 Å². The van der Waals surface area contributed by atoms with Crippen LogP contribution in [-0.2, 0) is 0 Å². The molecule has 0 saturated heterocycles. The number of fused-ring (bicyclic) bond motifs is 1. The van der Waals surface area contributed by atoms with Gasteiger partial charge in [-0.2, -0.15) is 0 Å². The highest BCUT2D eigenvalue weighted by molar-refractivity contribution is 7.21. The lowest BCUT2D eigenvalue weighted by Crippen LogP contribution is -2.01. The summed E-state index contributed by atoms with van der Waals surface area (Å²) in [7, 11) is 0. The topological polar surface area (TPSA) is 43.1 Å². The summed E-state index contributed by atoms with van der Waals surface area (Å²) in [6.07, 6.45) is 0. The minimum Gasteiger partial charge on any atom is -0.397 e. The normalized spacial score (nSPS) is 10.8. The Bertz CT molecular complexity index is 1020. The second kappa shape index (κ2) is 5.95. The monoisotopic (exact) mass is 329 g/mol. The van der Waals surface area contributed by atoms with Crippen molar-refractivity contribution in [1.82, 2.24) is 0 Å². The van der Waals surface area contributed by atoms with Crippen LogP contribution in [0, 0.1) is 0 Å². The molecule has 0 fully saturated rings. The molecule has 0 aliphatic heterocycles. The summed E-state index contributed by atoms with van der Waals surface area (Å²) in [6, 6.07) is 25.7. The first-order valence-corrected chi connectivity index (χ1v) is 8.53. The maximum absolute atomic E-state index is 12.8. The van der Waals surface area contributed by atoms with Crippen molar-refractivity contribution >= 4 is 32.9 Å². The molecule has 4 aromatic rings. The van der Waals surface area contributed by atoms with Crippen LogP contribution in [0.25, 0.3) is 21.2 Å². The number of carbonyl (C=O) groups excluding carboxylic acids is 1. The van der Waals surface area contributed by atoms with Crippen molar-refractivity contribution in [3.8, 4) is 11.1 Å². The number of anilines is 1. The number of carbonyl (C=O) groups is 1. The standard InChI is InChI=1S/C21H15NOS/c22-19-17-8-4-5-9-18(17)24-21(19)20(23)16-12-10-15(11-13-16)14-6-2-1-3-7-14/h1-13H,22H2. The van der Waals surface area contributed by atoms with E-state index >= 15 is 0 Å². The Kier molecular flexibility index (Phi) is 3.63. The molecule has 0 spiro atoms. The van der Waals surface area contributed by atoms with Crippen molar-refractivity contribution in [1.29, 1.82) is 0 Å². The maximum Gasteiger partial charge on any atom is 0.205 e. The van der Waals surface area contributed by atoms with Gasteiger partial charge in [-0.25, -0.2) is 0 Å². The van der Waals surface area contributed by atoms with Gasteiger partial charge in [0, 0.05) is 15.6 Å². The van der Waals surface area contributed by atoms with E-state index in [1.165, 1.54) is 11.3 Å². The lowest BCUT2D eigenvalue weighted by atomic mass is 10.0. The van der Waals surface area contributed by atoms with E-state index in [-0.39, 0.29) is 5.78 Å². The van der Waals surface area contributed by atoms with Crippen LogP contribution in [0.2, 0.25) is 0 Å². The van der Waals surface area contributed by atoms with Crippen molar-refractivity contribution in [2.45, 2.75) is 0 Å². The van der Waals surface area contributed by atoms with Gasteiger partial charge in [-0.1, -0.05) is 72.8 Å². The third-order valence-electron chi connectivity index (χ3n) is 4.09. The highest BCUT2D eigenvalue weighted by Gasteiger charge is 2.17. The minimum atomic E-state index is -0.0201. The summed E-state index contributed by atoms with van der Waals surface area (Å²) in [4.78, 5) is 13.4. The average Bonchev–Trinajstić information content (AvgIpc) is 2.99. The molecule has 4 rings (SSSR count). The molecular formula is C21H15NOS. The van der Waals surface area contributed by atoms with Crippen LogP contribution >= 0.6 is 11.3 Å². The number of hydrogen-bond acceptors (Lipinski definition) is 3. The zero-order valence-corrected chi connectivity index (χ0v) is 13.7. The first-order valence-electron chi connectivity index (χ1n) is 7.71. The summed E-state index contributed by atoms with van der Waals surface area (Å²) in [6.45, 7) is 0. The Morgan fingerprint density at radius 2 is 1.38 bits per heavy atom. The van der Waals surface area contributed by atoms with Gasteiger partial charge < -0.3 is 5.73 Å². The van der Waals surface area contributed by atoms with E-state index in [2.05, 4.69) is 12.1 Å². The summed E-state index contributed by atoms with van der Waals surface area (Å²) in [5.41, 5.74) is 9.66. The fourth-order valence-electron chi connectivity index (χ4n) is 2.81. The molecule has 1 heterocycles. The third kappa shape index (κ3) is 2.49. The van der Waals surface area contributed by atoms with E-state index in [9.17, 15) is 4.79 Å². The minimum absolute atomic E-state index is 0.0201. The number of benzene rings is 3. The van der Waals surface area contributed by atoms with Crippen LogP contribution < -0.4 is 5.73 Å². The Labute approximate surface area is 144 Å². The average molecular weight is 329 g/mol. The molecule has 2 nitrogen and oxygen atoms in total. The number of nitrogen functional groups attached to an aromatic ring is 1. The first-order chi connectivity index (χ1) is 11.7. The van der Waals surface area contributed by atoms with Crippen LogP contribution in [0.4, 0.5) is 5.69 Å². The van der Waals surface area contributed by atoms with Crippen molar-refractivity contribution in [2.75, 3.05) is 5.73 Å². The van der Waals surface area contributed by atoms with E-state index in [1.54, 1.807) is 0 Å². The van der Waals surface area contributed by atoms with E-state index in [1.807, 2.05) is 66.7 Å². The van der Waals surface area contributed by atoms with Gasteiger partial charge in [-0.3, -0.25) is 4.79 Å². The Morgan fingerprint density at radius 3 is 2.08 bits per heavy atom. The molecule has 0 aliphatic carbocycles. The van der Waals surface area contributed by atoms with Crippen molar-refractivity contribution in [2.24, 2.45) is 0 Å². The van der Waals surface area contributed by atoms with Gasteiger partial charge in [0.1, 0.15) is 0 Å².